The van der Waals surface area contributed by atoms with E-state index in [-0.39, 0.29) is 30.2 Å². The minimum atomic E-state index is -1.78. The first-order chi connectivity index (χ1) is 21.2. The van der Waals surface area contributed by atoms with Gasteiger partial charge in [-0.15, -0.1) is 0 Å². The van der Waals surface area contributed by atoms with E-state index in [0.29, 0.717) is 11.1 Å². The molecular weight excluding hydrogens is 596 g/mol. The lowest BCUT2D eigenvalue weighted by Gasteiger charge is -2.29. The molecular formula is C28H28N6O11. The molecule has 0 saturated carbocycles. The molecule has 1 amide bonds. The summed E-state index contributed by atoms with van der Waals surface area (Å²) in [5, 5.41) is 35.9. The predicted molar refractivity (Wildman–Crippen MR) is 155 cm³/mol. The monoisotopic (exact) mass is 624 g/mol. The van der Waals surface area contributed by atoms with Crippen LogP contribution in [0.15, 0.2) is 66.7 Å². The molecule has 0 aliphatic carbocycles. The number of nitro groups is 3. The third-order valence-electron chi connectivity index (χ3n) is 6.41. The first-order valence-corrected chi connectivity index (χ1v) is 13.3. The van der Waals surface area contributed by atoms with E-state index in [9.17, 15) is 39.9 Å². The zero-order valence-electron chi connectivity index (χ0n) is 24.2. The first-order valence-electron chi connectivity index (χ1n) is 13.3. The van der Waals surface area contributed by atoms with Crippen molar-refractivity contribution in [3.05, 3.63) is 108 Å². The predicted octanol–water partition coefficient (Wildman–Crippen LogP) is 4.71. The normalized spacial score (nSPS) is 17.6. The van der Waals surface area contributed by atoms with Crippen LogP contribution in [-0.2, 0) is 20.9 Å². The maximum absolute atomic E-state index is 13.4. The van der Waals surface area contributed by atoms with Crippen LogP contribution in [0.25, 0.3) is 0 Å². The molecule has 1 fully saturated rings. The second-order valence-corrected chi connectivity index (χ2v) is 10.9. The molecule has 0 spiro atoms. The first kappa shape index (κ1) is 32.2. The quantitative estimate of drug-likeness (QED) is 0.158. The van der Waals surface area contributed by atoms with Gasteiger partial charge in [-0.2, -0.15) is 0 Å². The summed E-state index contributed by atoms with van der Waals surface area (Å²) in [6.45, 7) is 4.74. The van der Waals surface area contributed by atoms with E-state index in [1.165, 1.54) is 36.4 Å². The largest absolute Gasteiger partial charge is 0.458 e. The number of amides is 1. The van der Waals surface area contributed by atoms with Gasteiger partial charge in [0, 0.05) is 24.6 Å². The molecule has 236 valence electrons. The number of carbonyl (C=O) groups excluding carboxylic acids is 2. The number of rotatable bonds is 10. The lowest BCUT2D eigenvalue weighted by atomic mass is 9.97. The average Bonchev–Trinajstić information content (AvgIpc) is 3.40. The third-order valence-corrected chi connectivity index (χ3v) is 6.41. The van der Waals surface area contributed by atoms with Crippen LogP contribution in [0.2, 0.25) is 0 Å². The number of esters is 1. The summed E-state index contributed by atoms with van der Waals surface area (Å²) < 4.78 is 16.4. The summed E-state index contributed by atoms with van der Waals surface area (Å²) >= 11 is 0. The van der Waals surface area contributed by atoms with E-state index >= 15 is 0 Å². The molecule has 2 atom stereocenters. The van der Waals surface area contributed by atoms with E-state index in [2.05, 4.69) is 16.2 Å². The fraction of sp³-hybridized carbons (Fsp3) is 0.286. The van der Waals surface area contributed by atoms with E-state index < -0.39 is 55.5 Å². The molecule has 4 rings (SSSR count). The fourth-order valence-corrected chi connectivity index (χ4v) is 4.29. The number of nitrogens with zero attached hydrogens (tertiary/aromatic N) is 3. The summed E-state index contributed by atoms with van der Waals surface area (Å²) in [6, 6.07) is 14.2. The summed E-state index contributed by atoms with van der Waals surface area (Å²) in [5.74, 6) is -0.857. The minimum Gasteiger partial charge on any atom is -0.458 e. The van der Waals surface area contributed by atoms with Crippen LogP contribution in [-0.4, -0.2) is 38.1 Å². The standard InChI is InChI=1S/C28H28N6O11/c1-27(2,3)45-26(36)29-28(25(35)43-16-17-4-8-19(9-5-17)32(37)38)15-22(30-31-28)18-6-11-21(12-7-18)44-24-13-10-20(33(39)40)14-23(24)34(41)42/h4-14,22,30-31H,15-16H2,1-3H3,(H,29,36). The lowest BCUT2D eigenvalue weighted by molar-refractivity contribution is -0.394. The Morgan fingerprint density at radius 1 is 0.911 bits per heavy atom. The zero-order chi connectivity index (χ0) is 32.9. The molecule has 2 unspecified atom stereocenters. The summed E-state index contributed by atoms with van der Waals surface area (Å²) in [4.78, 5) is 57.4. The van der Waals surface area contributed by atoms with Crippen LogP contribution < -0.4 is 20.9 Å². The molecule has 3 aromatic carbocycles. The van der Waals surface area contributed by atoms with Crippen LogP contribution >= 0.6 is 0 Å². The Balaban J connectivity index is 1.50. The van der Waals surface area contributed by atoms with Gasteiger partial charge in [0.25, 0.3) is 11.4 Å². The molecule has 0 radical (unpaired) electrons. The van der Waals surface area contributed by atoms with Gasteiger partial charge in [0.1, 0.15) is 18.0 Å². The number of benzene rings is 3. The van der Waals surface area contributed by atoms with Gasteiger partial charge >= 0.3 is 17.7 Å². The van der Waals surface area contributed by atoms with Gasteiger partial charge in [0.2, 0.25) is 11.4 Å². The fourth-order valence-electron chi connectivity index (χ4n) is 4.29. The summed E-state index contributed by atoms with van der Waals surface area (Å²) in [7, 11) is 0. The van der Waals surface area contributed by atoms with Crippen molar-refractivity contribution in [2.24, 2.45) is 0 Å². The van der Waals surface area contributed by atoms with Crippen molar-refractivity contribution in [2.75, 3.05) is 0 Å². The van der Waals surface area contributed by atoms with Crippen molar-refractivity contribution in [3.8, 4) is 11.5 Å². The SMILES string of the molecule is CC(C)(C)OC(=O)NC1(C(=O)OCc2ccc([N+](=O)[O-])cc2)CC(c2ccc(Oc3ccc([N+](=O)[O-])cc3[N+](=O)[O-])cc2)NN1. The minimum absolute atomic E-state index is 0.0423. The van der Waals surface area contributed by atoms with Gasteiger partial charge in [-0.25, -0.2) is 20.4 Å². The molecule has 17 nitrogen and oxygen atoms in total. The number of nitrogens with one attached hydrogen (secondary N) is 3. The Morgan fingerprint density at radius 2 is 1.53 bits per heavy atom. The summed E-state index contributed by atoms with van der Waals surface area (Å²) in [6.07, 6.45) is -0.933. The van der Waals surface area contributed by atoms with Crippen LogP contribution in [0.5, 0.6) is 11.5 Å². The number of hydrogen-bond acceptors (Lipinski definition) is 13. The van der Waals surface area contributed by atoms with Crippen molar-refractivity contribution in [3.63, 3.8) is 0 Å². The number of hydrazine groups is 1. The van der Waals surface area contributed by atoms with Gasteiger partial charge in [-0.3, -0.25) is 35.7 Å². The van der Waals surface area contributed by atoms with Crippen molar-refractivity contribution in [1.82, 2.24) is 16.2 Å². The molecule has 0 aromatic heterocycles. The van der Waals surface area contributed by atoms with Crippen LogP contribution in [0.4, 0.5) is 21.9 Å². The Kier molecular flexibility index (Phi) is 9.24. The van der Waals surface area contributed by atoms with Crippen LogP contribution in [0.3, 0.4) is 0 Å². The Hall–Kier alpha value is -5.68. The van der Waals surface area contributed by atoms with Gasteiger partial charge in [-0.05, 0) is 62.2 Å². The highest BCUT2D eigenvalue weighted by Crippen LogP contribution is 2.36. The van der Waals surface area contributed by atoms with Crippen molar-refractivity contribution < 1.29 is 38.6 Å². The molecule has 45 heavy (non-hydrogen) atoms. The van der Waals surface area contributed by atoms with Gasteiger partial charge < -0.3 is 14.2 Å². The second kappa shape index (κ2) is 12.9. The van der Waals surface area contributed by atoms with Crippen LogP contribution in [0, 0.1) is 30.3 Å². The molecule has 1 aliphatic heterocycles. The Labute approximate surface area is 254 Å². The molecule has 1 aliphatic rings. The Bertz CT molecular complexity index is 1620. The lowest BCUT2D eigenvalue weighted by Crippen LogP contribution is -2.63. The average molecular weight is 625 g/mol. The van der Waals surface area contributed by atoms with Crippen molar-refractivity contribution in [1.29, 1.82) is 0 Å². The number of hydrogen-bond donors (Lipinski definition) is 3. The Morgan fingerprint density at radius 3 is 2.11 bits per heavy atom. The molecule has 1 saturated heterocycles. The maximum Gasteiger partial charge on any atom is 0.409 e. The van der Waals surface area contributed by atoms with Crippen molar-refractivity contribution >= 4 is 29.1 Å². The molecule has 17 heteroatoms. The zero-order valence-corrected chi connectivity index (χ0v) is 24.2. The van der Waals surface area contributed by atoms with Gasteiger partial charge in [-0.1, -0.05) is 12.1 Å². The number of ether oxygens (including phenoxy) is 3. The smallest absolute Gasteiger partial charge is 0.409 e. The van der Waals surface area contributed by atoms with E-state index in [1.54, 1.807) is 32.9 Å². The highest BCUT2D eigenvalue weighted by atomic mass is 16.6. The molecule has 0 bridgehead atoms. The highest BCUT2D eigenvalue weighted by Gasteiger charge is 2.49. The number of nitro benzene ring substituents is 3. The van der Waals surface area contributed by atoms with Gasteiger partial charge in [0.15, 0.2) is 0 Å². The van der Waals surface area contributed by atoms with Crippen molar-refractivity contribution in [2.45, 2.75) is 51.1 Å². The highest BCUT2D eigenvalue weighted by molar-refractivity contribution is 5.86. The topological polar surface area (TPSA) is 227 Å². The molecule has 3 aromatic rings. The number of carbonyl (C=O) groups is 2. The van der Waals surface area contributed by atoms with E-state index in [0.717, 1.165) is 18.2 Å². The molecule has 1 heterocycles. The second-order valence-electron chi connectivity index (χ2n) is 10.9. The third kappa shape index (κ3) is 8.03. The maximum atomic E-state index is 13.4. The molecule has 3 N–H and O–H groups in total. The van der Waals surface area contributed by atoms with E-state index in [1.807, 2.05) is 0 Å². The number of non-ortho nitro benzene ring substituents is 2. The van der Waals surface area contributed by atoms with E-state index in [4.69, 9.17) is 14.2 Å². The summed E-state index contributed by atoms with van der Waals surface area (Å²) in [5.41, 5.74) is 3.05. The number of alkyl carbamates (subject to hydrolysis) is 1. The van der Waals surface area contributed by atoms with Crippen LogP contribution in [0.1, 0.15) is 44.4 Å². The van der Waals surface area contributed by atoms with Gasteiger partial charge in [0.05, 0.1) is 26.9 Å².